The molecule has 1 aromatic carbocycles. The molecular weight excluding hydrogens is 382 g/mol. The van der Waals surface area contributed by atoms with E-state index in [0.717, 1.165) is 10.6 Å². The highest BCUT2D eigenvalue weighted by atomic mass is 32.1. The third-order valence-corrected chi connectivity index (χ3v) is 5.24. The molecule has 2 aliphatic rings. The first kappa shape index (κ1) is 18.5. The second-order valence-electron chi connectivity index (χ2n) is 7.53. The first-order valence-electron chi connectivity index (χ1n) is 8.96. The third kappa shape index (κ3) is 3.75. The van der Waals surface area contributed by atoms with Gasteiger partial charge in [0.25, 0.3) is 5.91 Å². The fraction of sp³-hybridized carbons (Fsp3) is 0.421. The molecule has 3 heterocycles. The average molecular weight is 403 g/mol. The van der Waals surface area contributed by atoms with Crippen LogP contribution in [0.25, 0.3) is 0 Å². The number of anilines is 1. The zero-order chi connectivity index (χ0) is 19.9. The lowest BCUT2D eigenvalue weighted by atomic mass is 10.1. The molecule has 1 N–H and O–H groups in total. The molecule has 2 aromatic rings. The van der Waals surface area contributed by atoms with Crippen molar-refractivity contribution < 1.29 is 23.8 Å². The van der Waals surface area contributed by atoms with E-state index in [1.807, 2.05) is 20.8 Å². The summed E-state index contributed by atoms with van der Waals surface area (Å²) >= 11 is 1.37. The maximum Gasteiger partial charge on any atom is 0.410 e. The van der Waals surface area contributed by atoms with Crippen LogP contribution in [0, 0.1) is 0 Å². The molecule has 4 rings (SSSR count). The summed E-state index contributed by atoms with van der Waals surface area (Å²) in [5.74, 6) is 0.689. The molecule has 0 radical (unpaired) electrons. The first-order valence-corrected chi connectivity index (χ1v) is 9.78. The summed E-state index contributed by atoms with van der Waals surface area (Å²) in [5, 5.41) is 3.32. The van der Waals surface area contributed by atoms with Crippen molar-refractivity contribution in [3.05, 3.63) is 34.3 Å². The number of thiazole rings is 1. The van der Waals surface area contributed by atoms with Crippen LogP contribution in [0.5, 0.6) is 11.5 Å². The Balaban J connectivity index is 1.46. The van der Waals surface area contributed by atoms with E-state index in [0.29, 0.717) is 41.7 Å². The van der Waals surface area contributed by atoms with Gasteiger partial charge in [0.1, 0.15) is 5.60 Å². The zero-order valence-corrected chi connectivity index (χ0v) is 16.7. The Kier molecular flexibility index (Phi) is 4.62. The van der Waals surface area contributed by atoms with Gasteiger partial charge in [-0.05, 0) is 32.9 Å². The van der Waals surface area contributed by atoms with E-state index in [9.17, 15) is 9.59 Å². The highest BCUT2D eigenvalue weighted by Crippen LogP contribution is 2.36. The van der Waals surface area contributed by atoms with Gasteiger partial charge >= 0.3 is 6.09 Å². The average Bonchev–Trinajstić information content (AvgIpc) is 3.25. The van der Waals surface area contributed by atoms with Gasteiger partial charge in [-0.3, -0.25) is 10.1 Å². The molecule has 0 spiro atoms. The summed E-state index contributed by atoms with van der Waals surface area (Å²) in [4.78, 5) is 32.1. The van der Waals surface area contributed by atoms with Crippen LogP contribution in [-0.4, -0.2) is 40.8 Å². The normalized spacial score (nSPS) is 15.2. The van der Waals surface area contributed by atoms with Gasteiger partial charge in [0.2, 0.25) is 6.79 Å². The number of rotatable bonds is 2. The minimum atomic E-state index is -0.536. The summed E-state index contributed by atoms with van der Waals surface area (Å²) < 4.78 is 16.1. The lowest BCUT2D eigenvalue weighted by Gasteiger charge is -2.29. The first-order chi connectivity index (χ1) is 13.3. The molecule has 9 heteroatoms. The molecule has 2 amide bonds. The van der Waals surface area contributed by atoms with Gasteiger partial charge < -0.3 is 19.1 Å². The topological polar surface area (TPSA) is 90.0 Å². The van der Waals surface area contributed by atoms with Crippen LogP contribution in [0.15, 0.2) is 18.2 Å². The third-order valence-electron chi connectivity index (χ3n) is 4.24. The summed E-state index contributed by atoms with van der Waals surface area (Å²) in [7, 11) is 0. The van der Waals surface area contributed by atoms with Crippen molar-refractivity contribution in [1.82, 2.24) is 9.88 Å². The van der Waals surface area contributed by atoms with E-state index >= 15 is 0 Å². The van der Waals surface area contributed by atoms with Gasteiger partial charge in [-0.25, -0.2) is 9.78 Å². The number of ether oxygens (including phenoxy) is 3. The van der Waals surface area contributed by atoms with Crippen molar-refractivity contribution in [2.75, 3.05) is 18.7 Å². The number of amides is 2. The number of nitrogens with one attached hydrogen (secondary N) is 1. The van der Waals surface area contributed by atoms with Crippen molar-refractivity contribution in [2.45, 2.75) is 39.3 Å². The number of benzene rings is 1. The molecule has 2 aliphatic heterocycles. The predicted molar refractivity (Wildman–Crippen MR) is 103 cm³/mol. The van der Waals surface area contributed by atoms with Crippen LogP contribution < -0.4 is 14.8 Å². The summed E-state index contributed by atoms with van der Waals surface area (Å²) in [6.07, 6.45) is 0.285. The Hall–Kier alpha value is -2.81. The molecule has 0 bridgehead atoms. The Labute approximate surface area is 166 Å². The highest BCUT2D eigenvalue weighted by molar-refractivity contribution is 7.15. The standard InChI is InChI=1S/C19H21N3O5S/c1-19(2,3)27-18(24)22-8-7-12-14(9-22)28-17(20-12)21-16(23)11-5-4-6-13-15(11)26-10-25-13/h4-6H,7-10H2,1-3H3,(H,20,21,23). The van der Waals surface area contributed by atoms with Gasteiger partial charge in [-0.2, -0.15) is 0 Å². The van der Waals surface area contributed by atoms with E-state index in [1.165, 1.54) is 11.3 Å². The predicted octanol–water partition coefficient (Wildman–Crippen LogP) is 3.42. The fourth-order valence-corrected chi connectivity index (χ4v) is 4.02. The van der Waals surface area contributed by atoms with Crippen LogP contribution in [0.3, 0.4) is 0 Å². The number of carbonyl (C=O) groups excluding carboxylic acids is 2. The fourth-order valence-electron chi connectivity index (χ4n) is 3.00. The number of hydrogen-bond donors (Lipinski definition) is 1. The summed E-state index contributed by atoms with van der Waals surface area (Å²) in [5.41, 5.74) is 0.767. The minimum absolute atomic E-state index is 0.103. The minimum Gasteiger partial charge on any atom is -0.454 e. The molecule has 1 aromatic heterocycles. The monoisotopic (exact) mass is 403 g/mol. The van der Waals surface area contributed by atoms with E-state index in [-0.39, 0.29) is 18.8 Å². The molecule has 148 valence electrons. The number of carbonyl (C=O) groups is 2. The Bertz CT molecular complexity index is 934. The summed E-state index contributed by atoms with van der Waals surface area (Å²) in [6.45, 7) is 6.60. The van der Waals surface area contributed by atoms with Crippen LogP contribution in [0.2, 0.25) is 0 Å². The van der Waals surface area contributed by atoms with E-state index in [4.69, 9.17) is 14.2 Å². The van der Waals surface area contributed by atoms with Crippen LogP contribution >= 0.6 is 11.3 Å². The van der Waals surface area contributed by atoms with Crippen molar-refractivity contribution in [1.29, 1.82) is 0 Å². The van der Waals surface area contributed by atoms with Crippen LogP contribution in [0.1, 0.15) is 41.7 Å². The lowest BCUT2D eigenvalue weighted by molar-refractivity contribution is 0.0225. The zero-order valence-electron chi connectivity index (χ0n) is 15.9. The van der Waals surface area contributed by atoms with Crippen molar-refractivity contribution in [2.24, 2.45) is 0 Å². The lowest BCUT2D eigenvalue weighted by Crippen LogP contribution is -2.39. The molecular formula is C19H21N3O5S. The van der Waals surface area contributed by atoms with Gasteiger partial charge in [-0.15, -0.1) is 0 Å². The van der Waals surface area contributed by atoms with E-state index in [1.54, 1.807) is 23.1 Å². The molecule has 8 nitrogen and oxygen atoms in total. The van der Waals surface area contributed by atoms with Crippen LogP contribution in [-0.2, 0) is 17.7 Å². The van der Waals surface area contributed by atoms with Crippen molar-refractivity contribution in [3.8, 4) is 11.5 Å². The second kappa shape index (κ2) is 6.97. The van der Waals surface area contributed by atoms with E-state index in [2.05, 4.69) is 10.3 Å². The van der Waals surface area contributed by atoms with Crippen molar-refractivity contribution in [3.63, 3.8) is 0 Å². The molecule has 0 fully saturated rings. The number of fused-ring (bicyclic) bond motifs is 2. The second-order valence-corrected chi connectivity index (χ2v) is 8.62. The number of para-hydroxylation sites is 1. The SMILES string of the molecule is CC(C)(C)OC(=O)N1CCc2nc(NC(=O)c3cccc4c3OCO4)sc2C1. The Morgan fingerprint density at radius 2 is 2.11 bits per heavy atom. The van der Waals surface area contributed by atoms with Crippen molar-refractivity contribution >= 4 is 28.5 Å². The molecule has 0 atom stereocenters. The van der Waals surface area contributed by atoms with Gasteiger partial charge in [0.05, 0.1) is 17.8 Å². The van der Waals surface area contributed by atoms with Gasteiger partial charge in [0, 0.05) is 17.8 Å². The largest absolute Gasteiger partial charge is 0.454 e. The Morgan fingerprint density at radius 3 is 2.89 bits per heavy atom. The van der Waals surface area contributed by atoms with Crippen LogP contribution in [0.4, 0.5) is 9.93 Å². The van der Waals surface area contributed by atoms with Gasteiger partial charge in [-0.1, -0.05) is 17.4 Å². The molecule has 0 aliphatic carbocycles. The maximum atomic E-state index is 12.7. The highest BCUT2D eigenvalue weighted by Gasteiger charge is 2.29. The smallest absolute Gasteiger partial charge is 0.410 e. The number of aromatic nitrogens is 1. The number of nitrogens with zero attached hydrogens (tertiary/aromatic N) is 2. The maximum absolute atomic E-state index is 12.7. The molecule has 28 heavy (non-hydrogen) atoms. The molecule has 0 saturated carbocycles. The quantitative estimate of drug-likeness (QED) is 0.826. The Morgan fingerprint density at radius 1 is 1.29 bits per heavy atom. The number of hydrogen-bond acceptors (Lipinski definition) is 7. The molecule has 0 saturated heterocycles. The molecule has 0 unspecified atom stereocenters. The van der Waals surface area contributed by atoms with Gasteiger partial charge in [0.15, 0.2) is 16.6 Å². The van der Waals surface area contributed by atoms with E-state index < -0.39 is 5.60 Å². The summed E-state index contributed by atoms with van der Waals surface area (Å²) in [6, 6.07) is 5.18.